The molecule has 2 rings (SSSR count). The number of hydrogen-bond acceptors (Lipinski definition) is 4. The summed E-state index contributed by atoms with van der Waals surface area (Å²) in [5.74, 6) is 0. The Labute approximate surface area is 73.0 Å². The van der Waals surface area contributed by atoms with Crippen molar-refractivity contribution in [3.8, 4) is 0 Å². The maximum Gasteiger partial charge on any atom is 0.115 e. The van der Waals surface area contributed by atoms with Gasteiger partial charge in [0.2, 0.25) is 0 Å². The molecule has 2 aliphatic rings. The van der Waals surface area contributed by atoms with E-state index in [1.807, 2.05) is 6.21 Å². The van der Waals surface area contributed by atoms with E-state index in [1.54, 1.807) is 0 Å². The Morgan fingerprint density at radius 3 is 2.83 bits per heavy atom. The summed E-state index contributed by atoms with van der Waals surface area (Å²) in [5.41, 5.74) is 0. The Kier molecular flexibility index (Phi) is 2.71. The van der Waals surface area contributed by atoms with E-state index < -0.39 is 0 Å². The van der Waals surface area contributed by atoms with Crippen LogP contribution < -0.4 is 10.6 Å². The molecule has 0 aromatic rings. The number of hydrogen-bond donors (Lipinski definition) is 2. The molecule has 0 radical (unpaired) electrons. The molecule has 0 saturated carbocycles. The van der Waals surface area contributed by atoms with E-state index >= 15 is 0 Å². The van der Waals surface area contributed by atoms with Crippen molar-refractivity contribution >= 4 is 6.21 Å². The number of aliphatic imine (C=N–C) groups is 1. The van der Waals surface area contributed by atoms with Crippen molar-refractivity contribution in [1.29, 1.82) is 0 Å². The van der Waals surface area contributed by atoms with E-state index in [1.165, 1.54) is 6.42 Å². The Hall–Kier alpha value is -0.450. The lowest BCUT2D eigenvalue weighted by Gasteiger charge is -2.35. The first-order chi connectivity index (χ1) is 5.97. The highest BCUT2D eigenvalue weighted by atomic mass is 15.4. The minimum absolute atomic E-state index is 0.358. The van der Waals surface area contributed by atoms with Crippen LogP contribution in [0.15, 0.2) is 4.99 Å². The van der Waals surface area contributed by atoms with Crippen LogP contribution in [0.1, 0.15) is 12.8 Å². The average molecular weight is 168 g/mol. The van der Waals surface area contributed by atoms with Gasteiger partial charge in [-0.05, 0) is 25.9 Å². The van der Waals surface area contributed by atoms with Gasteiger partial charge in [0.15, 0.2) is 0 Å². The SMILES string of the molecule is C1=NCN(C2NCCCN2)CC1. The molecule has 4 nitrogen and oxygen atoms in total. The molecule has 0 bridgehead atoms. The van der Waals surface area contributed by atoms with Gasteiger partial charge in [-0.3, -0.25) is 20.5 Å². The van der Waals surface area contributed by atoms with E-state index in [-0.39, 0.29) is 0 Å². The van der Waals surface area contributed by atoms with Gasteiger partial charge in [-0.15, -0.1) is 0 Å². The van der Waals surface area contributed by atoms with Crippen molar-refractivity contribution in [3.63, 3.8) is 0 Å². The first-order valence-electron chi connectivity index (χ1n) is 4.66. The van der Waals surface area contributed by atoms with Gasteiger partial charge in [0.25, 0.3) is 0 Å². The zero-order chi connectivity index (χ0) is 8.23. The molecule has 0 amide bonds. The van der Waals surface area contributed by atoms with Crippen molar-refractivity contribution in [3.05, 3.63) is 0 Å². The third-order valence-electron chi connectivity index (χ3n) is 2.33. The molecule has 0 aromatic heterocycles. The van der Waals surface area contributed by atoms with E-state index in [0.29, 0.717) is 6.29 Å². The highest BCUT2D eigenvalue weighted by Crippen LogP contribution is 2.02. The van der Waals surface area contributed by atoms with Crippen LogP contribution in [-0.2, 0) is 0 Å². The quantitative estimate of drug-likeness (QED) is 0.559. The molecule has 2 N–H and O–H groups in total. The molecule has 0 spiro atoms. The van der Waals surface area contributed by atoms with Gasteiger partial charge in [-0.25, -0.2) is 0 Å². The van der Waals surface area contributed by atoms with Gasteiger partial charge in [0.05, 0.1) is 6.67 Å². The predicted molar refractivity (Wildman–Crippen MR) is 49.1 cm³/mol. The molecular formula is C8H16N4. The lowest BCUT2D eigenvalue weighted by atomic mass is 10.3. The number of nitrogens with zero attached hydrogens (tertiary/aromatic N) is 2. The molecule has 12 heavy (non-hydrogen) atoms. The van der Waals surface area contributed by atoms with Crippen LogP contribution in [0.3, 0.4) is 0 Å². The summed E-state index contributed by atoms with van der Waals surface area (Å²) in [5, 5.41) is 6.86. The molecule has 68 valence electrons. The first kappa shape index (κ1) is 8.16. The zero-order valence-electron chi connectivity index (χ0n) is 7.29. The topological polar surface area (TPSA) is 39.7 Å². The van der Waals surface area contributed by atoms with Crippen molar-refractivity contribution in [2.45, 2.75) is 19.1 Å². The summed E-state index contributed by atoms with van der Waals surface area (Å²) in [7, 11) is 0. The maximum absolute atomic E-state index is 4.25. The highest BCUT2D eigenvalue weighted by Gasteiger charge is 2.19. The maximum atomic E-state index is 4.25. The van der Waals surface area contributed by atoms with Crippen LogP contribution >= 0.6 is 0 Å². The Morgan fingerprint density at radius 1 is 1.33 bits per heavy atom. The zero-order valence-corrected chi connectivity index (χ0v) is 7.29. The molecule has 4 heteroatoms. The normalized spacial score (nSPS) is 27.7. The van der Waals surface area contributed by atoms with E-state index in [9.17, 15) is 0 Å². The number of rotatable bonds is 1. The molecule has 1 saturated heterocycles. The standard InChI is InChI=1S/C8H16N4/c1-4-10-8(11-5-1)12-6-2-3-9-7-12/h3,8,10-11H,1-2,4-7H2. The summed E-state index contributed by atoms with van der Waals surface area (Å²) in [6.45, 7) is 4.20. The largest absolute Gasteiger partial charge is 0.289 e. The van der Waals surface area contributed by atoms with Crippen LogP contribution in [0.5, 0.6) is 0 Å². The molecule has 1 fully saturated rings. The highest BCUT2D eigenvalue weighted by molar-refractivity contribution is 5.58. The van der Waals surface area contributed by atoms with Crippen LogP contribution in [0, 0.1) is 0 Å². The summed E-state index contributed by atoms with van der Waals surface area (Å²) in [6.07, 6.45) is 4.68. The van der Waals surface area contributed by atoms with Crippen LogP contribution in [0.2, 0.25) is 0 Å². The second-order valence-corrected chi connectivity index (χ2v) is 3.27. The van der Waals surface area contributed by atoms with Gasteiger partial charge in [0.1, 0.15) is 6.29 Å². The monoisotopic (exact) mass is 168 g/mol. The summed E-state index contributed by atoms with van der Waals surface area (Å²) < 4.78 is 0. The number of nitrogens with one attached hydrogen (secondary N) is 2. The fraction of sp³-hybridized carbons (Fsp3) is 0.875. The summed E-state index contributed by atoms with van der Waals surface area (Å²) in [4.78, 5) is 6.59. The minimum Gasteiger partial charge on any atom is -0.289 e. The third-order valence-corrected chi connectivity index (χ3v) is 2.33. The molecule has 0 atom stereocenters. The lowest BCUT2D eigenvalue weighted by Crippen LogP contribution is -2.59. The Bertz CT molecular complexity index is 162. The van der Waals surface area contributed by atoms with E-state index in [2.05, 4.69) is 20.5 Å². The molecule has 0 unspecified atom stereocenters. The van der Waals surface area contributed by atoms with E-state index in [4.69, 9.17) is 0 Å². The van der Waals surface area contributed by atoms with Gasteiger partial charge in [0, 0.05) is 12.8 Å². The van der Waals surface area contributed by atoms with Crippen LogP contribution in [0.25, 0.3) is 0 Å². The van der Waals surface area contributed by atoms with Gasteiger partial charge < -0.3 is 0 Å². The minimum atomic E-state index is 0.358. The molecule has 0 aliphatic carbocycles. The van der Waals surface area contributed by atoms with Gasteiger partial charge in [-0.2, -0.15) is 0 Å². The molecule has 2 heterocycles. The summed E-state index contributed by atoms with van der Waals surface area (Å²) >= 11 is 0. The smallest absolute Gasteiger partial charge is 0.115 e. The molecule has 0 aromatic carbocycles. The molecule has 2 aliphatic heterocycles. The Morgan fingerprint density at radius 2 is 2.17 bits per heavy atom. The van der Waals surface area contributed by atoms with Crippen LogP contribution in [0.4, 0.5) is 0 Å². The second-order valence-electron chi connectivity index (χ2n) is 3.27. The fourth-order valence-corrected chi connectivity index (χ4v) is 1.66. The first-order valence-corrected chi connectivity index (χ1v) is 4.66. The average Bonchev–Trinajstić information content (AvgIpc) is 2.21. The van der Waals surface area contributed by atoms with Gasteiger partial charge in [-0.1, -0.05) is 0 Å². The third kappa shape index (κ3) is 1.83. The van der Waals surface area contributed by atoms with Gasteiger partial charge >= 0.3 is 0 Å². The van der Waals surface area contributed by atoms with Crippen molar-refractivity contribution in [2.24, 2.45) is 4.99 Å². The van der Waals surface area contributed by atoms with Crippen molar-refractivity contribution < 1.29 is 0 Å². The fourth-order valence-electron chi connectivity index (χ4n) is 1.66. The van der Waals surface area contributed by atoms with Crippen molar-refractivity contribution in [2.75, 3.05) is 26.3 Å². The lowest BCUT2D eigenvalue weighted by molar-refractivity contribution is 0.122. The van der Waals surface area contributed by atoms with Crippen LogP contribution in [-0.4, -0.2) is 43.7 Å². The van der Waals surface area contributed by atoms with Crippen molar-refractivity contribution in [1.82, 2.24) is 15.5 Å². The Balaban J connectivity index is 1.85. The predicted octanol–water partition coefficient (Wildman–Crippen LogP) is -0.413. The summed E-state index contributed by atoms with van der Waals surface area (Å²) in [6, 6.07) is 0. The van der Waals surface area contributed by atoms with E-state index in [0.717, 1.165) is 32.7 Å². The molecular weight excluding hydrogens is 152 g/mol. The second kappa shape index (κ2) is 3.98.